The highest BCUT2D eigenvalue weighted by Crippen LogP contribution is 2.18. The van der Waals surface area contributed by atoms with E-state index in [0.29, 0.717) is 0 Å². The van der Waals surface area contributed by atoms with Crippen LogP contribution in [-0.4, -0.2) is 21.4 Å². The van der Waals surface area contributed by atoms with Crippen molar-refractivity contribution in [1.29, 1.82) is 0 Å². The average molecular weight is 257 g/mol. The van der Waals surface area contributed by atoms with Crippen molar-refractivity contribution in [2.45, 2.75) is 9.79 Å². The molecule has 0 saturated heterocycles. The van der Waals surface area contributed by atoms with Gasteiger partial charge in [-0.25, -0.2) is 8.42 Å². The summed E-state index contributed by atoms with van der Waals surface area (Å²) in [6.07, 6.45) is 0. The molecule has 1 aromatic rings. The summed E-state index contributed by atoms with van der Waals surface area (Å²) >= 11 is 0. The fraction of sp³-hybridized carbons (Fsp3) is 0. The normalized spacial score (nSPS) is 12.7. The minimum absolute atomic E-state index is 0.380. The second kappa shape index (κ2) is 3.50. The highest BCUT2D eigenvalue weighted by Gasteiger charge is 2.15. The van der Waals surface area contributed by atoms with Crippen LogP contribution < -0.4 is 0 Å². The predicted octanol–water partition coefficient (Wildman–Crippen LogP) is 0.861. The van der Waals surface area contributed by atoms with Gasteiger partial charge in [-0.2, -0.15) is 8.42 Å². The zero-order valence-corrected chi connectivity index (χ0v) is 8.97. The van der Waals surface area contributed by atoms with Gasteiger partial charge in [0.2, 0.25) is 0 Å². The molecule has 1 N–H and O–H groups in total. The van der Waals surface area contributed by atoms with Crippen LogP contribution in [0.25, 0.3) is 0 Å². The molecule has 0 unspecified atom stereocenters. The lowest BCUT2D eigenvalue weighted by Crippen LogP contribution is -1.99. The van der Waals surface area contributed by atoms with Crippen LogP contribution in [0.4, 0.5) is 0 Å². The first kappa shape index (κ1) is 11.4. The molecule has 0 heterocycles. The zero-order chi connectivity index (χ0) is 11.0. The molecule has 0 amide bonds. The molecule has 0 aromatic heterocycles. The SMILES string of the molecule is O=S(=O)(O)c1cccc(S(=O)(=O)Cl)c1. The second-order valence-corrected chi connectivity index (χ2v) is 6.38. The maximum atomic E-state index is 10.8. The van der Waals surface area contributed by atoms with E-state index < -0.39 is 24.1 Å². The molecule has 78 valence electrons. The van der Waals surface area contributed by atoms with Crippen molar-refractivity contribution >= 4 is 29.9 Å². The van der Waals surface area contributed by atoms with E-state index in [2.05, 4.69) is 0 Å². The van der Waals surface area contributed by atoms with Crippen molar-refractivity contribution in [3.8, 4) is 0 Å². The zero-order valence-electron chi connectivity index (χ0n) is 6.58. The molecule has 8 heteroatoms. The van der Waals surface area contributed by atoms with Gasteiger partial charge >= 0.3 is 0 Å². The largest absolute Gasteiger partial charge is 0.294 e. The van der Waals surface area contributed by atoms with Crippen LogP contribution in [0.2, 0.25) is 0 Å². The van der Waals surface area contributed by atoms with Crippen molar-refractivity contribution in [2.24, 2.45) is 0 Å². The highest BCUT2D eigenvalue weighted by atomic mass is 35.7. The van der Waals surface area contributed by atoms with Gasteiger partial charge in [-0.05, 0) is 18.2 Å². The summed E-state index contributed by atoms with van der Waals surface area (Å²) in [5, 5.41) is 0. The van der Waals surface area contributed by atoms with E-state index in [0.717, 1.165) is 18.2 Å². The Labute approximate surface area is 85.5 Å². The molecule has 0 aliphatic heterocycles. The van der Waals surface area contributed by atoms with Crippen LogP contribution >= 0.6 is 10.7 Å². The van der Waals surface area contributed by atoms with Crippen LogP contribution in [0.15, 0.2) is 34.1 Å². The summed E-state index contributed by atoms with van der Waals surface area (Å²) in [7, 11) is -3.42. The van der Waals surface area contributed by atoms with E-state index in [1.807, 2.05) is 0 Å². The lowest BCUT2D eigenvalue weighted by molar-refractivity contribution is 0.483. The first-order valence-corrected chi connectivity index (χ1v) is 6.98. The van der Waals surface area contributed by atoms with E-state index in [1.165, 1.54) is 6.07 Å². The molecule has 1 rings (SSSR count). The Morgan fingerprint density at radius 1 is 1.07 bits per heavy atom. The number of hydrogen-bond donors (Lipinski definition) is 1. The third-order valence-electron chi connectivity index (χ3n) is 1.38. The summed E-state index contributed by atoms with van der Waals surface area (Å²) in [6, 6.07) is 4.12. The third-order valence-corrected chi connectivity index (χ3v) is 3.59. The van der Waals surface area contributed by atoms with Gasteiger partial charge in [-0.1, -0.05) is 6.07 Å². The Hall–Kier alpha value is -0.630. The standard InChI is InChI=1S/C6H5ClO5S2/c7-13(8,9)5-2-1-3-6(4-5)14(10,11)12/h1-4H,(H,10,11,12). The minimum atomic E-state index is -4.41. The Balaban J connectivity index is 3.44. The van der Waals surface area contributed by atoms with Crippen molar-refractivity contribution in [1.82, 2.24) is 0 Å². The second-order valence-electron chi connectivity index (χ2n) is 2.39. The topological polar surface area (TPSA) is 88.5 Å². The van der Waals surface area contributed by atoms with Gasteiger partial charge in [0, 0.05) is 10.7 Å². The summed E-state index contributed by atoms with van der Waals surface area (Å²) in [6.45, 7) is 0. The monoisotopic (exact) mass is 256 g/mol. The number of rotatable bonds is 2. The van der Waals surface area contributed by atoms with E-state index in [9.17, 15) is 16.8 Å². The van der Waals surface area contributed by atoms with Gasteiger partial charge in [-0.15, -0.1) is 0 Å². The first-order valence-electron chi connectivity index (χ1n) is 3.23. The predicted molar refractivity (Wildman–Crippen MR) is 49.3 cm³/mol. The van der Waals surface area contributed by atoms with E-state index in [-0.39, 0.29) is 4.90 Å². The summed E-state index contributed by atoms with van der Waals surface area (Å²) in [5.41, 5.74) is 0. The molecule has 5 nitrogen and oxygen atoms in total. The fourth-order valence-electron chi connectivity index (χ4n) is 0.786. The van der Waals surface area contributed by atoms with E-state index in [4.69, 9.17) is 15.2 Å². The fourth-order valence-corrected chi connectivity index (χ4v) is 2.18. The molecule has 0 aliphatic carbocycles. The number of halogens is 1. The van der Waals surface area contributed by atoms with E-state index >= 15 is 0 Å². The molecule has 0 spiro atoms. The lowest BCUT2D eigenvalue weighted by Gasteiger charge is -1.98. The van der Waals surface area contributed by atoms with Crippen LogP contribution in [0, 0.1) is 0 Å². The van der Waals surface area contributed by atoms with Crippen molar-refractivity contribution in [3.05, 3.63) is 24.3 Å². The van der Waals surface area contributed by atoms with Crippen LogP contribution in [-0.2, 0) is 19.2 Å². The quantitative estimate of drug-likeness (QED) is 0.626. The molecule has 14 heavy (non-hydrogen) atoms. The smallest absolute Gasteiger partial charge is 0.282 e. The van der Waals surface area contributed by atoms with Crippen LogP contribution in [0.5, 0.6) is 0 Å². The molecule has 1 aromatic carbocycles. The van der Waals surface area contributed by atoms with Crippen molar-refractivity contribution < 1.29 is 21.4 Å². The highest BCUT2D eigenvalue weighted by molar-refractivity contribution is 8.13. The third kappa shape index (κ3) is 2.68. The number of hydrogen-bond acceptors (Lipinski definition) is 4. The Bertz CT molecular complexity index is 498. The summed E-state index contributed by atoms with van der Waals surface area (Å²) in [5.74, 6) is 0. The summed E-state index contributed by atoms with van der Waals surface area (Å²) in [4.78, 5) is -0.895. The van der Waals surface area contributed by atoms with Gasteiger partial charge in [0.1, 0.15) is 0 Å². The molecule has 0 fully saturated rings. The van der Waals surface area contributed by atoms with E-state index in [1.54, 1.807) is 0 Å². The maximum absolute atomic E-state index is 10.8. The number of benzene rings is 1. The molecular weight excluding hydrogens is 252 g/mol. The molecular formula is C6H5ClO5S2. The van der Waals surface area contributed by atoms with Crippen molar-refractivity contribution in [3.63, 3.8) is 0 Å². The van der Waals surface area contributed by atoms with Crippen molar-refractivity contribution in [2.75, 3.05) is 0 Å². The summed E-state index contributed by atoms with van der Waals surface area (Å²) < 4.78 is 51.5. The lowest BCUT2D eigenvalue weighted by atomic mass is 10.4. The van der Waals surface area contributed by atoms with Gasteiger partial charge in [0.05, 0.1) is 9.79 Å². The average Bonchev–Trinajstić information content (AvgIpc) is 2.01. The molecule has 0 bridgehead atoms. The molecule has 0 radical (unpaired) electrons. The van der Waals surface area contributed by atoms with Crippen LogP contribution in [0.1, 0.15) is 0 Å². The molecule has 0 saturated carbocycles. The Kier molecular flexibility index (Phi) is 2.86. The maximum Gasteiger partial charge on any atom is 0.294 e. The minimum Gasteiger partial charge on any atom is -0.282 e. The van der Waals surface area contributed by atoms with Gasteiger partial charge in [0.15, 0.2) is 0 Å². The van der Waals surface area contributed by atoms with Crippen LogP contribution in [0.3, 0.4) is 0 Å². The van der Waals surface area contributed by atoms with Gasteiger partial charge in [0.25, 0.3) is 19.2 Å². The Morgan fingerprint density at radius 2 is 1.57 bits per heavy atom. The van der Waals surface area contributed by atoms with Gasteiger partial charge < -0.3 is 0 Å². The molecule has 0 aliphatic rings. The van der Waals surface area contributed by atoms with Gasteiger partial charge in [-0.3, -0.25) is 4.55 Å². The first-order chi connectivity index (χ1) is 6.21. The Morgan fingerprint density at radius 3 is 2.00 bits per heavy atom. The molecule has 0 atom stereocenters.